The van der Waals surface area contributed by atoms with Crippen LogP contribution in [-0.4, -0.2) is 53.1 Å². The first kappa shape index (κ1) is 16.1. The minimum Gasteiger partial charge on any atom is -0.396 e. The first-order valence-electron chi connectivity index (χ1n) is 6.23. The number of hydrogen-bond donors (Lipinski definition) is 2. The van der Waals surface area contributed by atoms with Gasteiger partial charge in [-0.15, -0.1) is 0 Å². The van der Waals surface area contributed by atoms with Crippen LogP contribution in [0.25, 0.3) is 0 Å². The minimum absolute atomic E-state index is 0.0834. The van der Waals surface area contributed by atoms with E-state index < -0.39 is 0 Å². The lowest BCUT2D eigenvalue weighted by atomic mass is 10.2. The summed E-state index contributed by atoms with van der Waals surface area (Å²) in [6.07, 6.45) is 2.26. The lowest BCUT2D eigenvalue weighted by molar-refractivity contribution is 0.282. The molecule has 0 spiro atoms. The molecule has 1 rings (SSSR count). The van der Waals surface area contributed by atoms with Gasteiger partial charge in [0.25, 0.3) is 5.56 Å². The highest BCUT2D eigenvalue weighted by molar-refractivity contribution is 9.10. The zero-order valence-electron chi connectivity index (χ0n) is 11.6. The topological polar surface area (TPSA) is 70.4 Å². The maximum absolute atomic E-state index is 12.1. The molecule has 7 heteroatoms. The first-order valence-corrected chi connectivity index (χ1v) is 7.02. The first-order chi connectivity index (χ1) is 8.95. The number of aliphatic hydroxyl groups excluding tert-OH is 1. The normalized spacial score (nSPS) is 12.7. The van der Waals surface area contributed by atoms with Gasteiger partial charge in [-0.2, -0.15) is 5.10 Å². The van der Waals surface area contributed by atoms with Gasteiger partial charge >= 0.3 is 0 Å². The van der Waals surface area contributed by atoms with Gasteiger partial charge in [-0.05, 0) is 43.4 Å². The van der Waals surface area contributed by atoms with Gasteiger partial charge in [0.1, 0.15) is 4.47 Å². The van der Waals surface area contributed by atoms with E-state index in [4.69, 9.17) is 5.11 Å². The molecule has 1 atom stereocenters. The molecule has 0 saturated heterocycles. The molecule has 6 nitrogen and oxygen atoms in total. The molecule has 2 N–H and O–H groups in total. The number of anilines is 1. The summed E-state index contributed by atoms with van der Waals surface area (Å²) in [5.74, 6) is 0. The van der Waals surface area contributed by atoms with Crippen LogP contribution < -0.4 is 10.9 Å². The lowest BCUT2D eigenvalue weighted by Gasteiger charge is -2.16. The molecular weight excluding hydrogens is 312 g/mol. The lowest BCUT2D eigenvalue weighted by Crippen LogP contribution is -2.30. The number of hydrogen-bond acceptors (Lipinski definition) is 5. The van der Waals surface area contributed by atoms with E-state index in [0.717, 1.165) is 6.54 Å². The predicted molar refractivity (Wildman–Crippen MR) is 79.5 cm³/mol. The van der Waals surface area contributed by atoms with Gasteiger partial charge in [-0.25, -0.2) is 4.68 Å². The maximum atomic E-state index is 12.1. The molecule has 1 unspecified atom stereocenters. The molecule has 1 aromatic heterocycles. The Morgan fingerprint density at radius 3 is 2.84 bits per heavy atom. The number of aromatic nitrogens is 2. The molecule has 0 aliphatic rings. The Bertz CT molecular complexity index is 462. The second-order valence-corrected chi connectivity index (χ2v) is 5.55. The SMILES string of the molecule is CC(CCO)Nc1cnn(CCN(C)C)c(=O)c1Br. The highest BCUT2D eigenvalue weighted by Gasteiger charge is 2.11. The van der Waals surface area contributed by atoms with Crippen molar-refractivity contribution in [1.82, 2.24) is 14.7 Å². The van der Waals surface area contributed by atoms with E-state index in [0.29, 0.717) is 23.1 Å². The monoisotopic (exact) mass is 332 g/mol. The summed E-state index contributed by atoms with van der Waals surface area (Å²) >= 11 is 3.31. The molecule has 0 radical (unpaired) electrons. The van der Waals surface area contributed by atoms with E-state index in [1.807, 2.05) is 25.9 Å². The van der Waals surface area contributed by atoms with E-state index in [9.17, 15) is 4.79 Å². The number of rotatable bonds is 7. The number of halogens is 1. The third kappa shape index (κ3) is 4.93. The summed E-state index contributed by atoms with van der Waals surface area (Å²) in [6.45, 7) is 3.36. The maximum Gasteiger partial charge on any atom is 0.283 e. The van der Waals surface area contributed by atoms with Crippen molar-refractivity contribution in [2.45, 2.75) is 25.9 Å². The molecule has 0 bridgehead atoms. The number of aliphatic hydroxyl groups is 1. The largest absolute Gasteiger partial charge is 0.396 e. The Kier molecular flexibility index (Phi) is 6.47. The molecule has 108 valence electrons. The molecule has 0 fully saturated rings. The van der Waals surface area contributed by atoms with Crippen molar-refractivity contribution < 1.29 is 5.11 Å². The van der Waals surface area contributed by atoms with Crippen LogP contribution in [0.3, 0.4) is 0 Å². The summed E-state index contributed by atoms with van der Waals surface area (Å²) in [5.41, 5.74) is 0.509. The van der Waals surface area contributed by atoms with Gasteiger partial charge in [0, 0.05) is 19.2 Å². The van der Waals surface area contributed by atoms with E-state index in [-0.39, 0.29) is 18.2 Å². The Morgan fingerprint density at radius 2 is 2.26 bits per heavy atom. The van der Waals surface area contributed by atoms with Crippen molar-refractivity contribution in [2.24, 2.45) is 0 Å². The second kappa shape index (κ2) is 7.62. The van der Waals surface area contributed by atoms with Crippen molar-refractivity contribution in [3.05, 3.63) is 21.0 Å². The predicted octanol–water partition coefficient (Wildman–Crippen LogP) is 0.750. The van der Waals surface area contributed by atoms with Crippen LogP contribution in [-0.2, 0) is 6.54 Å². The van der Waals surface area contributed by atoms with Crippen LogP contribution in [0.2, 0.25) is 0 Å². The Labute approximate surface area is 121 Å². The smallest absolute Gasteiger partial charge is 0.283 e. The number of nitrogens with zero attached hydrogens (tertiary/aromatic N) is 3. The van der Waals surface area contributed by atoms with Gasteiger partial charge in [-0.1, -0.05) is 0 Å². The summed E-state index contributed by atoms with van der Waals surface area (Å²) < 4.78 is 1.91. The van der Waals surface area contributed by atoms with Crippen LogP contribution in [0.5, 0.6) is 0 Å². The quantitative estimate of drug-likeness (QED) is 0.771. The summed E-state index contributed by atoms with van der Waals surface area (Å²) in [5, 5.41) is 16.2. The van der Waals surface area contributed by atoms with Crippen molar-refractivity contribution in [3.8, 4) is 0 Å². The van der Waals surface area contributed by atoms with Gasteiger partial charge < -0.3 is 15.3 Å². The molecule has 1 heterocycles. The minimum atomic E-state index is -0.150. The van der Waals surface area contributed by atoms with Crippen LogP contribution in [0.15, 0.2) is 15.5 Å². The van der Waals surface area contributed by atoms with Gasteiger partial charge in [0.05, 0.1) is 18.4 Å². The zero-order chi connectivity index (χ0) is 14.4. The molecule has 0 aromatic carbocycles. The second-order valence-electron chi connectivity index (χ2n) is 4.76. The number of nitrogens with one attached hydrogen (secondary N) is 1. The average molecular weight is 333 g/mol. The van der Waals surface area contributed by atoms with E-state index in [1.54, 1.807) is 6.20 Å². The molecule has 0 saturated carbocycles. The van der Waals surface area contributed by atoms with Crippen LogP contribution in [0, 0.1) is 0 Å². The van der Waals surface area contributed by atoms with Gasteiger partial charge in [-0.3, -0.25) is 4.79 Å². The Hall–Kier alpha value is -0.920. The van der Waals surface area contributed by atoms with E-state index >= 15 is 0 Å². The van der Waals surface area contributed by atoms with Crippen LogP contribution in [0.4, 0.5) is 5.69 Å². The molecule has 0 amide bonds. The van der Waals surface area contributed by atoms with Crippen molar-refractivity contribution >= 4 is 21.6 Å². The number of likely N-dealkylation sites (N-methyl/N-ethyl adjacent to an activating group) is 1. The standard InChI is InChI=1S/C12H21BrN4O2/c1-9(4-7-18)15-10-8-14-17(6-5-16(2)3)12(19)11(10)13/h8-9,15,18H,4-7H2,1-3H3. The van der Waals surface area contributed by atoms with E-state index in [1.165, 1.54) is 4.68 Å². The van der Waals surface area contributed by atoms with Crippen LogP contribution >= 0.6 is 15.9 Å². The zero-order valence-corrected chi connectivity index (χ0v) is 13.1. The Balaban J connectivity index is 2.82. The highest BCUT2D eigenvalue weighted by Crippen LogP contribution is 2.17. The molecule has 1 aromatic rings. The third-order valence-electron chi connectivity index (χ3n) is 2.71. The summed E-state index contributed by atoms with van der Waals surface area (Å²) in [6, 6.07) is 0.0834. The van der Waals surface area contributed by atoms with Crippen molar-refractivity contribution in [3.63, 3.8) is 0 Å². The molecular formula is C12H21BrN4O2. The van der Waals surface area contributed by atoms with Gasteiger partial charge in [0.2, 0.25) is 0 Å². The highest BCUT2D eigenvalue weighted by atomic mass is 79.9. The van der Waals surface area contributed by atoms with Crippen LogP contribution in [0.1, 0.15) is 13.3 Å². The molecule has 19 heavy (non-hydrogen) atoms. The fourth-order valence-electron chi connectivity index (χ4n) is 1.55. The van der Waals surface area contributed by atoms with Crippen molar-refractivity contribution in [2.75, 3.05) is 32.6 Å². The molecule has 0 aliphatic heterocycles. The van der Waals surface area contributed by atoms with Crippen molar-refractivity contribution in [1.29, 1.82) is 0 Å². The summed E-state index contributed by atoms with van der Waals surface area (Å²) in [7, 11) is 3.90. The fourth-order valence-corrected chi connectivity index (χ4v) is 1.97. The average Bonchev–Trinajstić information content (AvgIpc) is 2.34. The Morgan fingerprint density at radius 1 is 1.58 bits per heavy atom. The fraction of sp³-hybridized carbons (Fsp3) is 0.667. The molecule has 0 aliphatic carbocycles. The third-order valence-corrected chi connectivity index (χ3v) is 3.47. The summed E-state index contributed by atoms with van der Waals surface area (Å²) in [4.78, 5) is 14.1. The van der Waals surface area contributed by atoms with E-state index in [2.05, 4.69) is 26.3 Å². The van der Waals surface area contributed by atoms with Gasteiger partial charge in [0.15, 0.2) is 0 Å².